The lowest BCUT2D eigenvalue weighted by molar-refractivity contribution is 0.136. The third-order valence-electron chi connectivity index (χ3n) is 2.18. The van der Waals surface area contributed by atoms with Crippen LogP contribution in [0, 0.1) is 0 Å². The zero-order valence-electron chi connectivity index (χ0n) is 9.14. The summed E-state index contributed by atoms with van der Waals surface area (Å²) in [4.78, 5) is 4.03. The van der Waals surface area contributed by atoms with E-state index in [1.807, 2.05) is 6.07 Å². The summed E-state index contributed by atoms with van der Waals surface area (Å²) >= 11 is 0. The number of ether oxygens (including phenoxy) is 2. The minimum atomic E-state index is -0.474. The molecule has 0 amide bonds. The second-order valence-electron chi connectivity index (χ2n) is 3.28. The SMILES string of the molecule is COCCCC(O)c1ccc(OC)nc1. The van der Waals surface area contributed by atoms with E-state index in [2.05, 4.69) is 4.98 Å². The minimum absolute atomic E-state index is 0.474. The highest BCUT2D eigenvalue weighted by atomic mass is 16.5. The average molecular weight is 211 g/mol. The molecule has 0 aliphatic heterocycles. The maximum atomic E-state index is 9.77. The van der Waals surface area contributed by atoms with Crippen molar-refractivity contribution in [1.29, 1.82) is 0 Å². The third-order valence-corrected chi connectivity index (χ3v) is 2.18. The van der Waals surface area contributed by atoms with Crippen molar-refractivity contribution in [1.82, 2.24) is 4.98 Å². The number of hydrogen-bond acceptors (Lipinski definition) is 4. The van der Waals surface area contributed by atoms with Crippen LogP contribution < -0.4 is 4.74 Å². The van der Waals surface area contributed by atoms with Crippen LogP contribution in [-0.4, -0.2) is 30.9 Å². The van der Waals surface area contributed by atoms with Gasteiger partial charge in [0.2, 0.25) is 5.88 Å². The Balaban J connectivity index is 2.46. The van der Waals surface area contributed by atoms with Gasteiger partial charge in [-0.2, -0.15) is 0 Å². The highest BCUT2D eigenvalue weighted by Gasteiger charge is 2.07. The number of hydrogen-bond donors (Lipinski definition) is 1. The summed E-state index contributed by atoms with van der Waals surface area (Å²) in [5.74, 6) is 0.558. The highest BCUT2D eigenvalue weighted by molar-refractivity contribution is 5.19. The van der Waals surface area contributed by atoms with Gasteiger partial charge in [0.1, 0.15) is 0 Å². The van der Waals surface area contributed by atoms with Gasteiger partial charge in [-0.3, -0.25) is 0 Å². The molecule has 4 heteroatoms. The Morgan fingerprint density at radius 1 is 1.40 bits per heavy atom. The van der Waals surface area contributed by atoms with Gasteiger partial charge in [-0.15, -0.1) is 0 Å². The van der Waals surface area contributed by atoms with E-state index >= 15 is 0 Å². The van der Waals surface area contributed by atoms with Crippen LogP contribution in [0.1, 0.15) is 24.5 Å². The summed E-state index contributed by atoms with van der Waals surface area (Å²) in [5, 5.41) is 9.77. The average Bonchev–Trinajstić information content (AvgIpc) is 2.29. The standard InChI is InChI=1S/C11H17NO3/c1-14-7-3-4-10(13)9-5-6-11(15-2)12-8-9/h5-6,8,10,13H,3-4,7H2,1-2H3. The minimum Gasteiger partial charge on any atom is -0.481 e. The van der Waals surface area contributed by atoms with Crippen molar-refractivity contribution in [3.8, 4) is 5.88 Å². The van der Waals surface area contributed by atoms with Crippen molar-refractivity contribution in [3.63, 3.8) is 0 Å². The molecule has 1 N–H and O–H groups in total. The molecular weight excluding hydrogens is 194 g/mol. The Bertz CT molecular complexity index is 274. The van der Waals surface area contributed by atoms with Crippen LogP contribution in [0.5, 0.6) is 5.88 Å². The number of rotatable bonds is 6. The van der Waals surface area contributed by atoms with Gasteiger partial charge in [-0.25, -0.2) is 4.98 Å². The summed E-state index contributed by atoms with van der Waals surface area (Å²) in [6.45, 7) is 0.667. The highest BCUT2D eigenvalue weighted by Crippen LogP contribution is 2.18. The maximum absolute atomic E-state index is 9.77. The second kappa shape index (κ2) is 6.37. The number of aromatic nitrogens is 1. The van der Waals surface area contributed by atoms with E-state index in [4.69, 9.17) is 9.47 Å². The Labute approximate surface area is 89.9 Å². The molecule has 0 aromatic carbocycles. The van der Waals surface area contributed by atoms with Crippen molar-refractivity contribution in [2.75, 3.05) is 20.8 Å². The van der Waals surface area contributed by atoms with E-state index in [0.717, 1.165) is 12.0 Å². The molecule has 0 aliphatic carbocycles. The van der Waals surface area contributed by atoms with Crippen LogP contribution in [0.2, 0.25) is 0 Å². The number of nitrogens with zero attached hydrogens (tertiary/aromatic N) is 1. The molecule has 1 heterocycles. The lowest BCUT2D eigenvalue weighted by Crippen LogP contribution is -2.00. The van der Waals surface area contributed by atoms with Crippen molar-refractivity contribution < 1.29 is 14.6 Å². The molecule has 1 unspecified atom stereocenters. The molecule has 0 saturated carbocycles. The quantitative estimate of drug-likeness (QED) is 0.725. The number of methoxy groups -OCH3 is 2. The fourth-order valence-electron chi connectivity index (χ4n) is 1.30. The molecule has 4 nitrogen and oxygen atoms in total. The molecule has 0 radical (unpaired) electrons. The Kier molecular flexibility index (Phi) is 5.07. The van der Waals surface area contributed by atoms with Gasteiger partial charge in [0.05, 0.1) is 13.2 Å². The first kappa shape index (κ1) is 11.9. The molecule has 0 fully saturated rings. The summed E-state index contributed by atoms with van der Waals surface area (Å²) in [6, 6.07) is 3.57. The molecule has 1 atom stereocenters. The number of aliphatic hydroxyl groups excluding tert-OH is 1. The first-order valence-electron chi connectivity index (χ1n) is 4.95. The Morgan fingerprint density at radius 3 is 2.73 bits per heavy atom. The maximum Gasteiger partial charge on any atom is 0.212 e. The molecule has 1 rings (SSSR count). The first-order valence-corrected chi connectivity index (χ1v) is 4.95. The Morgan fingerprint density at radius 2 is 2.20 bits per heavy atom. The molecule has 0 spiro atoms. The van der Waals surface area contributed by atoms with E-state index in [0.29, 0.717) is 18.9 Å². The van der Waals surface area contributed by atoms with Crippen LogP contribution in [-0.2, 0) is 4.74 Å². The zero-order chi connectivity index (χ0) is 11.1. The van der Waals surface area contributed by atoms with Crippen molar-refractivity contribution in [3.05, 3.63) is 23.9 Å². The van der Waals surface area contributed by atoms with Gasteiger partial charge in [0.15, 0.2) is 0 Å². The van der Waals surface area contributed by atoms with E-state index in [1.54, 1.807) is 26.5 Å². The van der Waals surface area contributed by atoms with E-state index in [-0.39, 0.29) is 0 Å². The topological polar surface area (TPSA) is 51.6 Å². The molecule has 0 bridgehead atoms. The third kappa shape index (κ3) is 3.85. The smallest absolute Gasteiger partial charge is 0.212 e. The lowest BCUT2D eigenvalue weighted by Gasteiger charge is -2.10. The molecular formula is C11H17NO3. The van der Waals surface area contributed by atoms with Crippen molar-refractivity contribution >= 4 is 0 Å². The molecule has 0 saturated heterocycles. The lowest BCUT2D eigenvalue weighted by atomic mass is 10.1. The summed E-state index contributed by atoms with van der Waals surface area (Å²) in [6.07, 6.45) is 2.68. The van der Waals surface area contributed by atoms with E-state index in [1.165, 1.54) is 0 Å². The van der Waals surface area contributed by atoms with Gasteiger partial charge in [0, 0.05) is 26.0 Å². The summed E-state index contributed by atoms with van der Waals surface area (Å²) in [7, 11) is 3.22. The van der Waals surface area contributed by atoms with Crippen LogP contribution >= 0.6 is 0 Å². The molecule has 1 aromatic heterocycles. The monoisotopic (exact) mass is 211 g/mol. The first-order chi connectivity index (χ1) is 7.27. The van der Waals surface area contributed by atoms with Crippen LogP contribution in [0.4, 0.5) is 0 Å². The van der Waals surface area contributed by atoms with Crippen LogP contribution in [0.25, 0.3) is 0 Å². The molecule has 84 valence electrons. The fourth-order valence-corrected chi connectivity index (χ4v) is 1.30. The van der Waals surface area contributed by atoms with Gasteiger partial charge in [0.25, 0.3) is 0 Å². The molecule has 0 aliphatic rings. The van der Waals surface area contributed by atoms with Gasteiger partial charge in [-0.1, -0.05) is 0 Å². The van der Waals surface area contributed by atoms with Crippen LogP contribution in [0.3, 0.4) is 0 Å². The van der Waals surface area contributed by atoms with Gasteiger partial charge >= 0.3 is 0 Å². The van der Waals surface area contributed by atoms with Crippen molar-refractivity contribution in [2.45, 2.75) is 18.9 Å². The van der Waals surface area contributed by atoms with E-state index in [9.17, 15) is 5.11 Å². The van der Waals surface area contributed by atoms with Gasteiger partial charge in [-0.05, 0) is 24.5 Å². The summed E-state index contributed by atoms with van der Waals surface area (Å²) in [5.41, 5.74) is 0.812. The Hall–Kier alpha value is -1.13. The van der Waals surface area contributed by atoms with Crippen molar-refractivity contribution in [2.24, 2.45) is 0 Å². The predicted octanol–water partition coefficient (Wildman–Crippen LogP) is 1.55. The van der Waals surface area contributed by atoms with E-state index < -0.39 is 6.10 Å². The summed E-state index contributed by atoms with van der Waals surface area (Å²) < 4.78 is 9.85. The fraction of sp³-hybridized carbons (Fsp3) is 0.545. The number of aliphatic hydroxyl groups is 1. The van der Waals surface area contributed by atoms with Crippen LogP contribution in [0.15, 0.2) is 18.3 Å². The molecule has 15 heavy (non-hydrogen) atoms. The number of pyridine rings is 1. The normalized spacial score (nSPS) is 12.5. The predicted molar refractivity (Wildman–Crippen MR) is 56.9 cm³/mol. The zero-order valence-corrected chi connectivity index (χ0v) is 9.14. The largest absolute Gasteiger partial charge is 0.481 e. The second-order valence-corrected chi connectivity index (χ2v) is 3.28. The van der Waals surface area contributed by atoms with Gasteiger partial charge < -0.3 is 14.6 Å². The molecule has 1 aromatic rings.